The number of hydrogen-bond donors (Lipinski definition) is 0. The summed E-state index contributed by atoms with van der Waals surface area (Å²) in [5, 5.41) is 0. The molecule has 2 nitrogen and oxygen atoms in total. The first-order chi connectivity index (χ1) is 6.36. The zero-order valence-electron chi connectivity index (χ0n) is 9.26. The minimum Gasteiger partial charge on any atom is -0.302 e. The molecule has 1 aliphatic heterocycles. The predicted octanol–water partition coefficient (Wildman–Crippen LogP) is 1.81. The lowest BCUT2D eigenvalue weighted by molar-refractivity contribution is 0.233. The van der Waals surface area contributed by atoms with Crippen LogP contribution in [0.5, 0.6) is 0 Å². The van der Waals surface area contributed by atoms with E-state index >= 15 is 0 Å². The van der Waals surface area contributed by atoms with E-state index in [2.05, 4.69) is 23.6 Å². The van der Waals surface area contributed by atoms with Crippen LogP contribution in [0.1, 0.15) is 33.1 Å². The maximum Gasteiger partial charge on any atom is 0.0109 e. The van der Waals surface area contributed by atoms with Crippen molar-refractivity contribution in [3.05, 3.63) is 0 Å². The second-order valence-electron chi connectivity index (χ2n) is 3.98. The molecular weight excluding hydrogens is 160 g/mol. The van der Waals surface area contributed by atoms with Crippen LogP contribution < -0.4 is 0 Å². The molecule has 2 heteroatoms. The van der Waals surface area contributed by atoms with Crippen LogP contribution in [0.2, 0.25) is 0 Å². The van der Waals surface area contributed by atoms with Crippen LogP contribution >= 0.6 is 0 Å². The predicted molar refractivity (Wildman–Crippen MR) is 58.1 cm³/mol. The Kier molecular flexibility index (Phi) is 5.40. The maximum absolute atomic E-state index is 2.60. The maximum atomic E-state index is 2.60. The molecule has 0 bridgehead atoms. The van der Waals surface area contributed by atoms with Crippen LogP contribution in [0.15, 0.2) is 0 Å². The van der Waals surface area contributed by atoms with Gasteiger partial charge in [-0.2, -0.15) is 0 Å². The number of likely N-dealkylation sites (N-methyl/N-ethyl adjacent to an activating group) is 1. The Morgan fingerprint density at radius 3 is 2.31 bits per heavy atom. The largest absolute Gasteiger partial charge is 0.302 e. The summed E-state index contributed by atoms with van der Waals surface area (Å²) in [5.41, 5.74) is 0. The molecule has 1 aliphatic rings. The first-order valence-corrected chi connectivity index (χ1v) is 5.81. The summed E-state index contributed by atoms with van der Waals surface area (Å²) in [6.45, 7) is 12.2. The third-order valence-corrected chi connectivity index (χ3v) is 2.92. The van der Waals surface area contributed by atoms with Gasteiger partial charge in [-0.3, -0.25) is 0 Å². The third kappa shape index (κ3) is 4.10. The SMILES string of the molecule is CCCN(CC)CCN1CCCC1. The second kappa shape index (κ2) is 6.39. The van der Waals surface area contributed by atoms with Crippen molar-refractivity contribution in [3.8, 4) is 0 Å². The highest BCUT2D eigenvalue weighted by Crippen LogP contribution is 2.06. The van der Waals surface area contributed by atoms with Gasteiger partial charge in [-0.25, -0.2) is 0 Å². The van der Waals surface area contributed by atoms with E-state index < -0.39 is 0 Å². The zero-order valence-corrected chi connectivity index (χ0v) is 9.26. The molecule has 1 rings (SSSR count). The Balaban J connectivity index is 2.07. The van der Waals surface area contributed by atoms with Crippen molar-refractivity contribution in [1.82, 2.24) is 9.80 Å². The molecule has 0 atom stereocenters. The standard InChI is InChI=1S/C11H24N2/c1-3-7-12(4-2)10-11-13-8-5-6-9-13/h3-11H2,1-2H3. The number of hydrogen-bond acceptors (Lipinski definition) is 2. The minimum atomic E-state index is 1.21. The van der Waals surface area contributed by atoms with Gasteiger partial charge in [0.25, 0.3) is 0 Å². The summed E-state index contributed by atoms with van der Waals surface area (Å²) in [7, 11) is 0. The van der Waals surface area contributed by atoms with Gasteiger partial charge in [-0.15, -0.1) is 0 Å². The van der Waals surface area contributed by atoms with E-state index in [1.807, 2.05) is 0 Å². The molecular formula is C11H24N2. The van der Waals surface area contributed by atoms with Crippen molar-refractivity contribution in [2.45, 2.75) is 33.1 Å². The first-order valence-electron chi connectivity index (χ1n) is 5.81. The lowest BCUT2D eigenvalue weighted by Crippen LogP contribution is -2.34. The highest BCUT2D eigenvalue weighted by atomic mass is 15.2. The molecule has 0 aromatic rings. The summed E-state index contributed by atoms with van der Waals surface area (Å²) in [6, 6.07) is 0. The van der Waals surface area contributed by atoms with Crippen molar-refractivity contribution < 1.29 is 0 Å². The van der Waals surface area contributed by atoms with Gasteiger partial charge in [0.2, 0.25) is 0 Å². The fraction of sp³-hybridized carbons (Fsp3) is 1.00. The number of likely N-dealkylation sites (tertiary alicyclic amines) is 1. The Hall–Kier alpha value is -0.0800. The fourth-order valence-electron chi connectivity index (χ4n) is 2.03. The van der Waals surface area contributed by atoms with Crippen LogP contribution in [-0.4, -0.2) is 49.1 Å². The summed E-state index contributed by atoms with van der Waals surface area (Å²) < 4.78 is 0. The van der Waals surface area contributed by atoms with E-state index in [4.69, 9.17) is 0 Å². The molecule has 1 saturated heterocycles. The van der Waals surface area contributed by atoms with E-state index in [0.29, 0.717) is 0 Å². The van der Waals surface area contributed by atoms with Crippen molar-refractivity contribution in [2.75, 3.05) is 39.3 Å². The molecule has 1 heterocycles. The average molecular weight is 184 g/mol. The zero-order chi connectivity index (χ0) is 9.52. The molecule has 1 fully saturated rings. The lowest BCUT2D eigenvalue weighted by Gasteiger charge is -2.23. The smallest absolute Gasteiger partial charge is 0.0109 e. The molecule has 78 valence electrons. The minimum absolute atomic E-state index is 1.21. The van der Waals surface area contributed by atoms with Gasteiger partial charge >= 0.3 is 0 Å². The molecule has 0 unspecified atom stereocenters. The van der Waals surface area contributed by atoms with Crippen LogP contribution in [0.4, 0.5) is 0 Å². The van der Waals surface area contributed by atoms with Gasteiger partial charge in [0.15, 0.2) is 0 Å². The summed E-state index contributed by atoms with van der Waals surface area (Å²) in [5.74, 6) is 0. The van der Waals surface area contributed by atoms with Gasteiger partial charge < -0.3 is 9.80 Å². The van der Waals surface area contributed by atoms with Gasteiger partial charge in [-0.1, -0.05) is 13.8 Å². The second-order valence-corrected chi connectivity index (χ2v) is 3.98. The van der Waals surface area contributed by atoms with Crippen molar-refractivity contribution in [2.24, 2.45) is 0 Å². The molecule has 0 aromatic heterocycles. The van der Waals surface area contributed by atoms with Crippen LogP contribution in [0, 0.1) is 0 Å². The summed E-state index contributed by atoms with van der Waals surface area (Å²) >= 11 is 0. The van der Waals surface area contributed by atoms with Gasteiger partial charge in [0.1, 0.15) is 0 Å². The Morgan fingerprint density at radius 2 is 1.77 bits per heavy atom. The van der Waals surface area contributed by atoms with E-state index in [1.54, 1.807) is 0 Å². The van der Waals surface area contributed by atoms with Crippen molar-refractivity contribution in [1.29, 1.82) is 0 Å². The molecule has 0 spiro atoms. The van der Waals surface area contributed by atoms with E-state index in [0.717, 1.165) is 0 Å². The van der Waals surface area contributed by atoms with Crippen LogP contribution in [0.3, 0.4) is 0 Å². The van der Waals surface area contributed by atoms with Gasteiger partial charge in [-0.05, 0) is 45.4 Å². The monoisotopic (exact) mass is 184 g/mol. The topological polar surface area (TPSA) is 6.48 Å². The van der Waals surface area contributed by atoms with Gasteiger partial charge in [0.05, 0.1) is 0 Å². The molecule has 0 aliphatic carbocycles. The van der Waals surface area contributed by atoms with Crippen molar-refractivity contribution in [3.63, 3.8) is 0 Å². The Labute approximate surface area is 82.9 Å². The normalized spacial score (nSPS) is 18.7. The van der Waals surface area contributed by atoms with E-state index in [9.17, 15) is 0 Å². The average Bonchev–Trinajstić information content (AvgIpc) is 2.64. The third-order valence-electron chi connectivity index (χ3n) is 2.92. The number of rotatable bonds is 6. The van der Waals surface area contributed by atoms with Crippen LogP contribution in [-0.2, 0) is 0 Å². The van der Waals surface area contributed by atoms with E-state index in [1.165, 1.54) is 58.5 Å². The molecule has 0 saturated carbocycles. The molecule has 0 N–H and O–H groups in total. The van der Waals surface area contributed by atoms with Gasteiger partial charge in [0, 0.05) is 13.1 Å². The summed E-state index contributed by atoms with van der Waals surface area (Å²) in [6.07, 6.45) is 4.12. The fourth-order valence-corrected chi connectivity index (χ4v) is 2.03. The Morgan fingerprint density at radius 1 is 1.08 bits per heavy atom. The lowest BCUT2D eigenvalue weighted by atomic mass is 10.4. The molecule has 0 radical (unpaired) electrons. The first kappa shape index (κ1) is 11.0. The molecule has 13 heavy (non-hydrogen) atoms. The summed E-state index contributed by atoms with van der Waals surface area (Å²) in [4.78, 5) is 5.15. The van der Waals surface area contributed by atoms with E-state index in [-0.39, 0.29) is 0 Å². The number of nitrogens with zero attached hydrogens (tertiary/aromatic N) is 2. The highest BCUT2D eigenvalue weighted by Gasteiger charge is 2.11. The molecule has 0 aromatic carbocycles. The van der Waals surface area contributed by atoms with Crippen LogP contribution in [0.25, 0.3) is 0 Å². The Bertz CT molecular complexity index is 119. The molecule has 0 amide bonds. The highest BCUT2D eigenvalue weighted by molar-refractivity contribution is 4.67. The quantitative estimate of drug-likeness (QED) is 0.621. The van der Waals surface area contributed by atoms with Crippen molar-refractivity contribution >= 4 is 0 Å².